The molecule has 0 aliphatic carbocycles. The predicted octanol–water partition coefficient (Wildman–Crippen LogP) is 5.70. The standard InChI is InChI=1S/C21H24Cl2N2O/c1-3-4-5-21(26)24-16-8-6-14(7-9-16)18-12-25(2)13-19-17(18)10-15(22)11-20(19)23/h6-11,18H,3-5,12-13H2,1-2H3,(H,24,26). The maximum atomic E-state index is 11.9. The quantitative estimate of drug-likeness (QED) is 0.709. The highest BCUT2D eigenvalue weighted by atomic mass is 35.5. The molecule has 0 bridgehead atoms. The van der Waals surface area contributed by atoms with Crippen LogP contribution in [0.1, 0.15) is 48.8 Å². The first-order chi connectivity index (χ1) is 12.5. The average molecular weight is 391 g/mol. The number of carbonyl (C=O) groups is 1. The van der Waals surface area contributed by atoms with E-state index in [0.29, 0.717) is 11.4 Å². The summed E-state index contributed by atoms with van der Waals surface area (Å²) in [5.41, 5.74) is 4.37. The molecular weight excluding hydrogens is 367 g/mol. The zero-order valence-electron chi connectivity index (χ0n) is 15.2. The molecule has 1 heterocycles. The van der Waals surface area contributed by atoms with Crippen molar-refractivity contribution in [3.63, 3.8) is 0 Å². The van der Waals surface area contributed by atoms with Gasteiger partial charge in [-0.3, -0.25) is 4.79 Å². The van der Waals surface area contributed by atoms with Gasteiger partial charge in [0.2, 0.25) is 5.91 Å². The van der Waals surface area contributed by atoms with Crippen LogP contribution in [0.2, 0.25) is 10.0 Å². The average Bonchev–Trinajstić information content (AvgIpc) is 2.61. The van der Waals surface area contributed by atoms with E-state index in [1.54, 1.807) is 0 Å². The minimum atomic E-state index is 0.0703. The summed E-state index contributed by atoms with van der Waals surface area (Å²) in [5.74, 6) is 0.283. The number of nitrogens with one attached hydrogen (secondary N) is 1. The van der Waals surface area contributed by atoms with Crippen LogP contribution in [0, 0.1) is 0 Å². The number of nitrogens with zero attached hydrogens (tertiary/aromatic N) is 1. The summed E-state index contributed by atoms with van der Waals surface area (Å²) in [6.45, 7) is 3.82. The van der Waals surface area contributed by atoms with Gasteiger partial charge in [0, 0.05) is 41.2 Å². The number of hydrogen-bond donors (Lipinski definition) is 1. The maximum absolute atomic E-state index is 11.9. The fraction of sp³-hybridized carbons (Fsp3) is 0.381. The van der Waals surface area contributed by atoms with E-state index in [1.807, 2.05) is 24.3 Å². The molecule has 3 nitrogen and oxygen atoms in total. The third kappa shape index (κ3) is 4.40. The lowest BCUT2D eigenvalue weighted by atomic mass is 9.84. The summed E-state index contributed by atoms with van der Waals surface area (Å²) < 4.78 is 0. The summed E-state index contributed by atoms with van der Waals surface area (Å²) in [7, 11) is 2.10. The summed E-state index contributed by atoms with van der Waals surface area (Å²) >= 11 is 12.7. The monoisotopic (exact) mass is 390 g/mol. The summed E-state index contributed by atoms with van der Waals surface area (Å²) in [4.78, 5) is 14.2. The Morgan fingerprint density at radius 1 is 1.23 bits per heavy atom. The largest absolute Gasteiger partial charge is 0.326 e. The second-order valence-electron chi connectivity index (χ2n) is 6.98. The van der Waals surface area contributed by atoms with E-state index in [2.05, 4.69) is 36.3 Å². The molecule has 1 N–H and O–H groups in total. The van der Waals surface area contributed by atoms with E-state index in [0.717, 1.165) is 42.2 Å². The number of amides is 1. The van der Waals surface area contributed by atoms with Crippen LogP contribution in [0.5, 0.6) is 0 Å². The van der Waals surface area contributed by atoms with E-state index in [4.69, 9.17) is 23.2 Å². The maximum Gasteiger partial charge on any atom is 0.224 e. The molecule has 0 aromatic heterocycles. The minimum absolute atomic E-state index is 0.0703. The predicted molar refractivity (Wildman–Crippen MR) is 109 cm³/mol. The molecule has 1 atom stereocenters. The molecule has 1 amide bonds. The third-order valence-corrected chi connectivity index (χ3v) is 5.40. The van der Waals surface area contributed by atoms with Crippen LogP contribution in [0.4, 0.5) is 5.69 Å². The van der Waals surface area contributed by atoms with Crippen molar-refractivity contribution in [3.05, 3.63) is 63.1 Å². The molecule has 26 heavy (non-hydrogen) atoms. The van der Waals surface area contributed by atoms with Gasteiger partial charge >= 0.3 is 0 Å². The number of likely N-dealkylation sites (N-methyl/N-ethyl adjacent to an activating group) is 1. The van der Waals surface area contributed by atoms with E-state index >= 15 is 0 Å². The van der Waals surface area contributed by atoms with Gasteiger partial charge in [-0.25, -0.2) is 0 Å². The van der Waals surface area contributed by atoms with Gasteiger partial charge < -0.3 is 10.2 Å². The normalized spacial score (nSPS) is 17.0. The van der Waals surface area contributed by atoms with Crippen molar-refractivity contribution in [2.45, 2.75) is 38.6 Å². The van der Waals surface area contributed by atoms with Crippen molar-refractivity contribution in [3.8, 4) is 0 Å². The number of benzene rings is 2. The number of carbonyl (C=O) groups excluding carboxylic acids is 1. The summed E-state index contributed by atoms with van der Waals surface area (Å²) in [6, 6.07) is 11.9. The van der Waals surface area contributed by atoms with Gasteiger partial charge in [-0.15, -0.1) is 0 Å². The zero-order chi connectivity index (χ0) is 18.7. The lowest BCUT2D eigenvalue weighted by Crippen LogP contribution is -2.31. The van der Waals surface area contributed by atoms with E-state index in [-0.39, 0.29) is 11.8 Å². The Labute approximate surface area is 165 Å². The molecule has 1 aliphatic rings. The fourth-order valence-electron chi connectivity index (χ4n) is 3.49. The summed E-state index contributed by atoms with van der Waals surface area (Å²) in [6.07, 6.45) is 2.50. The van der Waals surface area contributed by atoms with Crippen LogP contribution >= 0.6 is 23.2 Å². The smallest absolute Gasteiger partial charge is 0.224 e. The number of halogens is 2. The highest BCUT2D eigenvalue weighted by Crippen LogP contribution is 2.38. The number of hydrogen-bond acceptors (Lipinski definition) is 2. The zero-order valence-corrected chi connectivity index (χ0v) is 16.7. The topological polar surface area (TPSA) is 32.3 Å². The van der Waals surface area contributed by atoms with Crippen molar-refractivity contribution in [1.82, 2.24) is 4.90 Å². The van der Waals surface area contributed by atoms with Gasteiger partial charge in [-0.1, -0.05) is 48.7 Å². The van der Waals surface area contributed by atoms with E-state index in [9.17, 15) is 4.79 Å². The Kier molecular flexibility index (Phi) is 6.23. The number of anilines is 1. The first-order valence-corrected chi connectivity index (χ1v) is 9.79. The van der Waals surface area contributed by atoms with E-state index in [1.165, 1.54) is 11.1 Å². The molecule has 2 aromatic carbocycles. The molecule has 0 radical (unpaired) electrons. The second-order valence-corrected chi connectivity index (χ2v) is 7.82. The first kappa shape index (κ1) is 19.2. The van der Waals surface area contributed by atoms with Gasteiger partial charge in [0.05, 0.1) is 0 Å². The molecular formula is C21H24Cl2N2O. The summed E-state index contributed by atoms with van der Waals surface area (Å²) in [5, 5.41) is 4.36. The van der Waals surface area contributed by atoms with Crippen LogP contribution in [-0.2, 0) is 11.3 Å². The van der Waals surface area contributed by atoms with Crippen molar-refractivity contribution < 1.29 is 4.79 Å². The van der Waals surface area contributed by atoms with Crippen LogP contribution in [0.3, 0.4) is 0 Å². The Bertz CT molecular complexity index is 789. The first-order valence-electron chi connectivity index (χ1n) is 9.04. The van der Waals surface area contributed by atoms with Crippen molar-refractivity contribution in [2.24, 2.45) is 0 Å². The number of rotatable bonds is 5. The van der Waals surface area contributed by atoms with Crippen molar-refractivity contribution >= 4 is 34.8 Å². The minimum Gasteiger partial charge on any atom is -0.326 e. The van der Waals surface area contributed by atoms with E-state index < -0.39 is 0 Å². The van der Waals surface area contributed by atoms with Crippen molar-refractivity contribution in [1.29, 1.82) is 0 Å². The highest BCUT2D eigenvalue weighted by molar-refractivity contribution is 6.35. The van der Waals surface area contributed by atoms with Gasteiger partial charge in [0.1, 0.15) is 0 Å². The third-order valence-electron chi connectivity index (χ3n) is 4.85. The van der Waals surface area contributed by atoms with Crippen LogP contribution in [-0.4, -0.2) is 24.4 Å². The highest BCUT2D eigenvalue weighted by Gasteiger charge is 2.27. The fourth-order valence-corrected chi connectivity index (χ4v) is 4.06. The van der Waals surface area contributed by atoms with Gasteiger partial charge in [0.25, 0.3) is 0 Å². The Hall–Kier alpha value is -1.55. The molecule has 2 aromatic rings. The Morgan fingerprint density at radius 3 is 2.65 bits per heavy atom. The molecule has 1 aliphatic heterocycles. The van der Waals surface area contributed by atoms with Crippen LogP contribution < -0.4 is 5.32 Å². The number of unbranched alkanes of at least 4 members (excludes halogenated alkanes) is 1. The van der Waals surface area contributed by atoms with Crippen LogP contribution in [0.15, 0.2) is 36.4 Å². The van der Waals surface area contributed by atoms with Crippen molar-refractivity contribution in [2.75, 3.05) is 18.9 Å². The van der Waals surface area contributed by atoms with Crippen LogP contribution in [0.25, 0.3) is 0 Å². The van der Waals surface area contributed by atoms with Gasteiger partial charge in [-0.05, 0) is 54.4 Å². The molecule has 0 spiro atoms. The van der Waals surface area contributed by atoms with Gasteiger partial charge in [0.15, 0.2) is 0 Å². The number of fused-ring (bicyclic) bond motifs is 1. The lowest BCUT2D eigenvalue weighted by molar-refractivity contribution is -0.116. The Balaban J connectivity index is 1.83. The molecule has 138 valence electrons. The second kappa shape index (κ2) is 8.43. The lowest BCUT2D eigenvalue weighted by Gasteiger charge is -2.33. The van der Waals surface area contributed by atoms with Gasteiger partial charge in [-0.2, -0.15) is 0 Å². The molecule has 1 unspecified atom stereocenters. The molecule has 0 saturated heterocycles. The Morgan fingerprint density at radius 2 is 1.96 bits per heavy atom. The SMILES string of the molecule is CCCCC(=O)Nc1ccc(C2CN(C)Cc3c(Cl)cc(Cl)cc32)cc1. The molecule has 0 saturated carbocycles. The molecule has 5 heteroatoms. The molecule has 0 fully saturated rings. The molecule has 3 rings (SSSR count).